The number of amidine groups is 1. The molecule has 3 N–H and O–H groups in total. The molecule has 1 atom stereocenters. The van der Waals surface area contributed by atoms with E-state index in [4.69, 9.17) is 0 Å². The number of fused-ring (bicyclic) bond motifs is 1. The minimum atomic E-state index is -0.516. The van der Waals surface area contributed by atoms with Crippen LogP contribution < -0.4 is 16.0 Å². The first kappa shape index (κ1) is 23.5. The molecule has 1 unspecified atom stereocenters. The summed E-state index contributed by atoms with van der Waals surface area (Å²) in [5.74, 6) is -0.199. The molecule has 0 spiro atoms. The van der Waals surface area contributed by atoms with E-state index in [-0.39, 0.29) is 35.6 Å². The van der Waals surface area contributed by atoms with Gasteiger partial charge in [0.1, 0.15) is 17.9 Å². The molecule has 11 heteroatoms. The van der Waals surface area contributed by atoms with E-state index in [1.54, 1.807) is 18.3 Å². The summed E-state index contributed by atoms with van der Waals surface area (Å²) in [6.07, 6.45) is 4.86. The van der Waals surface area contributed by atoms with Crippen molar-refractivity contribution in [2.45, 2.75) is 19.1 Å². The van der Waals surface area contributed by atoms with Crippen LogP contribution in [0.3, 0.4) is 0 Å². The third kappa shape index (κ3) is 5.38. The van der Waals surface area contributed by atoms with Crippen molar-refractivity contribution in [3.05, 3.63) is 94.7 Å². The number of hydrogen-bond acceptors (Lipinski definition) is 7. The summed E-state index contributed by atoms with van der Waals surface area (Å²) in [4.78, 5) is 40.6. The second kappa shape index (κ2) is 10.2. The highest BCUT2D eigenvalue weighted by atomic mass is 19.1. The number of allylic oxidation sites excluding steroid dienone is 1. The standard InChI is InChI=1S/C26H19FN8O2/c27-19-7-3-16(4-8-19)12-32-25(36)22-24(31-14-20(10-28)33-22)29-11-15-1-5-17(6-2-15)18-9-21-23(30-13-18)35-26(37)34-21/h1-9,13-14,21H,11-12H2,(H,29,31)(H,32,36)(H,34,37). The Morgan fingerprint density at radius 3 is 2.57 bits per heavy atom. The van der Waals surface area contributed by atoms with Crippen molar-refractivity contribution in [1.82, 2.24) is 20.6 Å². The molecule has 2 aromatic carbocycles. The van der Waals surface area contributed by atoms with Gasteiger partial charge in [0, 0.05) is 19.3 Å². The van der Waals surface area contributed by atoms with E-state index in [1.807, 2.05) is 36.4 Å². The Bertz CT molecular complexity index is 1510. The van der Waals surface area contributed by atoms with Gasteiger partial charge in [-0.25, -0.2) is 24.1 Å². The summed E-state index contributed by atoms with van der Waals surface area (Å²) in [7, 11) is 0. The number of halogens is 1. The van der Waals surface area contributed by atoms with Crippen molar-refractivity contribution >= 4 is 35.4 Å². The molecule has 0 saturated heterocycles. The summed E-state index contributed by atoms with van der Waals surface area (Å²) in [5, 5.41) is 17.7. The molecule has 1 aromatic heterocycles. The van der Waals surface area contributed by atoms with Gasteiger partial charge in [-0.3, -0.25) is 4.79 Å². The summed E-state index contributed by atoms with van der Waals surface area (Å²) in [6, 6.07) is 14.6. The van der Waals surface area contributed by atoms with Gasteiger partial charge in [0.05, 0.1) is 6.20 Å². The largest absolute Gasteiger partial charge is 0.364 e. The third-order valence-corrected chi connectivity index (χ3v) is 5.67. The van der Waals surface area contributed by atoms with Gasteiger partial charge in [-0.2, -0.15) is 10.3 Å². The van der Waals surface area contributed by atoms with Crippen LogP contribution >= 0.6 is 0 Å². The van der Waals surface area contributed by atoms with Crippen molar-refractivity contribution in [2.75, 3.05) is 5.32 Å². The number of anilines is 1. The number of carbonyl (C=O) groups is 2. The summed E-state index contributed by atoms with van der Waals surface area (Å²) in [6.45, 7) is 0.511. The number of dihydropyridines is 1. The molecular formula is C26H19FN8O2. The van der Waals surface area contributed by atoms with Gasteiger partial charge >= 0.3 is 6.03 Å². The Morgan fingerprint density at radius 2 is 1.81 bits per heavy atom. The average Bonchev–Trinajstić information content (AvgIpc) is 3.31. The molecule has 182 valence electrons. The Kier molecular flexibility index (Phi) is 6.46. The van der Waals surface area contributed by atoms with Gasteiger partial charge in [-0.15, -0.1) is 0 Å². The molecule has 3 heterocycles. The maximum atomic E-state index is 13.1. The maximum Gasteiger partial charge on any atom is 0.343 e. The third-order valence-electron chi connectivity index (χ3n) is 5.67. The topological polar surface area (TPSA) is 145 Å². The van der Waals surface area contributed by atoms with Crippen LogP contribution in [0.5, 0.6) is 0 Å². The molecule has 0 fully saturated rings. The van der Waals surface area contributed by atoms with Crippen molar-refractivity contribution in [3.8, 4) is 6.07 Å². The molecule has 3 aromatic rings. The Hall–Kier alpha value is -5.24. The Balaban J connectivity index is 1.25. The second-order valence-electron chi connectivity index (χ2n) is 8.20. The maximum absolute atomic E-state index is 13.1. The SMILES string of the molecule is N#Cc1cnc(NCc2ccc(C3=CC4NC(=O)N=C4N=C3)cc2)c(C(=O)NCc2ccc(F)cc2)n1. The Morgan fingerprint density at radius 1 is 1.08 bits per heavy atom. The minimum Gasteiger partial charge on any atom is -0.364 e. The second-order valence-corrected chi connectivity index (χ2v) is 8.20. The minimum absolute atomic E-state index is 0.0101. The number of benzene rings is 2. The molecule has 0 bridgehead atoms. The highest BCUT2D eigenvalue weighted by Crippen LogP contribution is 2.20. The first-order chi connectivity index (χ1) is 18.0. The zero-order valence-corrected chi connectivity index (χ0v) is 19.3. The number of nitrogens with zero attached hydrogens (tertiary/aromatic N) is 5. The van der Waals surface area contributed by atoms with Crippen LogP contribution in [0.25, 0.3) is 5.57 Å². The molecule has 2 aliphatic heterocycles. The molecule has 10 nitrogen and oxygen atoms in total. The molecule has 0 aliphatic carbocycles. The van der Waals surface area contributed by atoms with E-state index >= 15 is 0 Å². The lowest BCUT2D eigenvalue weighted by Gasteiger charge is -2.14. The fourth-order valence-corrected chi connectivity index (χ4v) is 3.76. The van der Waals surface area contributed by atoms with Gasteiger partial charge in [-0.05, 0) is 40.5 Å². The van der Waals surface area contributed by atoms with Gasteiger partial charge in [0.2, 0.25) is 0 Å². The lowest BCUT2D eigenvalue weighted by atomic mass is 10.0. The van der Waals surface area contributed by atoms with Crippen LogP contribution in [-0.2, 0) is 13.1 Å². The molecule has 2 aliphatic rings. The molecule has 0 saturated carbocycles. The van der Waals surface area contributed by atoms with Crippen LogP contribution in [-0.4, -0.2) is 40.0 Å². The fraction of sp³-hybridized carbons (Fsp3) is 0.115. The van der Waals surface area contributed by atoms with E-state index < -0.39 is 11.9 Å². The predicted molar refractivity (Wildman–Crippen MR) is 134 cm³/mol. The van der Waals surface area contributed by atoms with Crippen molar-refractivity contribution in [3.63, 3.8) is 0 Å². The summed E-state index contributed by atoms with van der Waals surface area (Å²) in [5.41, 5.74) is 3.41. The molecule has 5 rings (SSSR count). The van der Waals surface area contributed by atoms with Crippen LogP contribution in [0.15, 0.2) is 70.8 Å². The number of carbonyl (C=O) groups excluding carboxylic acids is 2. The lowest BCUT2D eigenvalue weighted by Crippen LogP contribution is -2.31. The summed E-state index contributed by atoms with van der Waals surface area (Å²) >= 11 is 0. The predicted octanol–water partition coefficient (Wildman–Crippen LogP) is 2.99. The van der Waals surface area contributed by atoms with Gasteiger partial charge in [-0.1, -0.05) is 36.4 Å². The van der Waals surface area contributed by atoms with Crippen molar-refractivity contribution in [2.24, 2.45) is 9.98 Å². The van der Waals surface area contributed by atoms with Crippen molar-refractivity contribution < 1.29 is 14.0 Å². The fourth-order valence-electron chi connectivity index (χ4n) is 3.76. The number of amides is 3. The van der Waals surface area contributed by atoms with Crippen molar-refractivity contribution in [1.29, 1.82) is 5.26 Å². The summed E-state index contributed by atoms with van der Waals surface area (Å²) < 4.78 is 13.1. The Labute approximate surface area is 210 Å². The normalized spacial score (nSPS) is 15.7. The van der Waals surface area contributed by atoms with E-state index in [1.165, 1.54) is 18.3 Å². The van der Waals surface area contributed by atoms with Gasteiger partial charge < -0.3 is 16.0 Å². The number of rotatable bonds is 7. The monoisotopic (exact) mass is 494 g/mol. The highest BCUT2D eigenvalue weighted by Gasteiger charge is 2.26. The first-order valence-corrected chi connectivity index (χ1v) is 11.3. The highest BCUT2D eigenvalue weighted by molar-refractivity contribution is 6.21. The quantitative estimate of drug-likeness (QED) is 0.461. The number of hydrogen-bond donors (Lipinski definition) is 3. The van der Waals surface area contributed by atoms with Gasteiger partial charge in [0.25, 0.3) is 5.91 Å². The van der Waals surface area contributed by atoms with E-state index in [0.29, 0.717) is 17.9 Å². The molecule has 0 radical (unpaired) electrons. The number of aromatic nitrogens is 2. The number of nitrogens with one attached hydrogen (secondary N) is 3. The number of aliphatic imine (C=N–C) groups is 2. The average molecular weight is 494 g/mol. The molecule has 3 amide bonds. The first-order valence-electron chi connectivity index (χ1n) is 11.3. The van der Waals surface area contributed by atoms with Crippen LogP contribution in [0, 0.1) is 17.1 Å². The zero-order chi connectivity index (χ0) is 25.8. The van der Waals surface area contributed by atoms with Crippen LogP contribution in [0.2, 0.25) is 0 Å². The van der Waals surface area contributed by atoms with Crippen LogP contribution in [0.4, 0.5) is 15.0 Å². The molecule has 37 heavy (non-hydrogen) atoms. The molecular weight excluding hydrogens is 475 g/mol. The number of nitriles is 1. The lowest BCUT2D eigenvalue weighted by molar-refractivity contribution is 0.0946. The van der Waals surface area contributed by atoms with E-state index in [2.05, 4.69) is 35.9 Å². The zero-order valence-electron chi connectivity index (χ0n) is 19.3. The smallest absolute Gasteiger partial charge is 0.343 e. The van der Waals surface area contributed by atoms with Crippen LogP contribution in [0.1, 0.15) is 32.9 Å². The van der Waals surface area contributed by atoms with E-state index in [9.17, 15) is 19.2 Å². The van der Waals surface area contributed by atoms with E-state index in [0.717, 1.165) is 16.7 Å². The number of urea groups is 1. The van der Waals surface area contributed by atoms with Gasteiger partial charge in [0.15, 0.2) is 23.0 Å².